The van der Waals surface area contributed by atoms with Gasteiger partial charge in [0.2, 0.25) is 0 Å². The summed E-state index contributed by atoms with van der Waals surface area (Å²) in [6, 6.07) is 5.80. The molecule has 2 atom stereocenters. The molecule has 0 aliphatic heterocycles. The molecule has 0 bridgehead atoms. The minimum absolute atomic E-state index is 0.0161. The van der Waals surface area contributed by atoms with Gasteiger partial charge in [0, 0.05) is 27.6 Å². The Kier molecular flexibility index (Phi) is 4.77. The molecule has 0 spiro atoms. The first-order valence-corrected chi connectivity index (χ1v) is 6.63. The minimum Gasteiger partial charge on any atom is -0.329 e. The molecule has 1 aromatic rings. The second-order valence-corrected chi connectivity index (χ2v) is 5.93. The van der Waals surface area contributed by atoms with Crippen molar-refractivity contribution in [2.24, 2.45) is 5.73 Å². The fraction of sp³-hybridized carbons (Fsp3) is 0.455. The third-order valence-electron chi connectivity index (χ3n) is 2.29. The van der Waals surface area contributed by atoms with Gasteiger partial charge in [0.25, 0.3) is 0 Å². The Bertz CT molecular complexity index is 368. The highest BCUT2D eigenvalue weighted by Gasteiger charge is 2.11. The van der Waals surface area contributed by atoms with Gasteiger partial charge < -0.3 is 5.73 Å². The van der Waals surface area contributed by atoms with Crippen LogP contribution in [0.25, 0.3) is 0 Å². The zero-order valence-electron chi connectivity index (χ0n) is 9.00. The SMILES string of the molecule is Cc1ccc(CS(=O)C(C)CN)c(Cl)c1. The van der Waals surface area contributed by atoms with Crippen molar-refractivity contribution in [3.63, 3.8) is 0 Å². The van der Waals surface area contributed by atoms with E-state index in [1.807, 2.05) is 32.0 Å². The van der Waals surface area contributed by atoms with Gasteiger partial charge in [-0.25, -0.2) is 0 Å². The van der Waals surface area contributed by atoms with Gasteiger partial charge in [0.15, 0.2) is 0 Å². The maximum Gasteiger partial charge on any atom is 0.0503 e. The van der Waals surface area contributed by atoms with Gasteiger partial charge in [-0.3, -0.25) is 4.21 Å². The second kappa shape index (κ2) is 5.64. The lowest BCUT2D eigenvalue weighted by Crippen LogP contribution is -2.22. The molecule has 2 unspecified atom stereocenters. The van der Waals surface area contributed by atoms with Crippen LogP contribution in [0.2, 0.25) is 5.02 Å². The van der Waals surface area contributed by atoms with E-state index in [-0.39, 0.29) is 5.25 Å². The molecule has 1 rings (SSSR count). The van der Waals surface area contributed by atoms with Crippen molar-refractivity contribution in [2.75, 3.05) is 6.54 Å². The molecule has 0 amide bonds. The van der Waals surface area contributed by atoms with E-state index in [2.05, 4.69) is 0 Å². The molecule has 0 saturated heterocycles. The zero-order chi connectivity index (χ0) is 11.4. The molecule has 0 radical (unpaired) electrons. The predicted octanol–water partition coefficient (Wildman–Crippen LogP) is 2.24. The molecule has 0 fully saturated rings. The molecule has 4 heteroatoms. The molecule has 0 aliphatic rings. The molecule has 84 valence electrons. The minimum atomic E-state index is -0.942. The molecular formula is C11H16ClNOS. The Labute approximate surface area is 98.3 Å². The summed E-state index contributed by atoms with van der Waals surface area (Å²) in [6.45, 7) is 4.31. The summed E-state index contributed by atoms with van der Waals surface area (Å²) < 4.78 is 11.8. The highest BCUT2D eigenvalue weighted by Crippen LogP contribution is 2.19. The van der Waals surface area contributed by atoms with Gasteiger partial charge in [0.05, 0.1) is 5.75 Å². The third-order valence-corrected chi connectivity index (χ3v) is 4.32. The van der Waals surface area contributed by atoms with Crippen LogP contribution in [-0.2, 0) is 16.6 Å². The fourth-order valence-corrected chi connectivity index (χ4v) is 2.61. The van der Waals surface area contributed by atoms with Gasteiger partial charge in [-0.15, -0.1) is 0 Å². The van der Waals surface area contributed by atoms with Crippen LogP contribution in [-0.4, -0.2) is 16.0 Å². The van der Waals surface area contributed by atoms with Crippen molar-refractivity contribution in [3.8, 4) is 0 Å². The van der Waals surface area contributed by atoms with Crippen LogP contribution in [0.5, 0.6) is 0 Å². The standard InChI is InChI=1S/C11H16ClNOS/c1-8-3-4-10(11(12)5-8)7-15(14)9(2)6-13/h3-5,9H,6-7,13H2,1-2H3. The van der Waals surface area contributed by atoms with Crippen molar-refractivity contribution in [1.29, 1.82) is 0 Å². The van der Waals surface area contributed by atoms with E-state index in [1.165, 1.54) is 0 Å². The van der Waals surface area contributed by atoms with Crippen LogP contribution in [0.3, 0.4) is 0 Å². The summed E-state index contributed by atoms with van der Waals surface area (Å²) in [7, 11) is -0.942. The van der Waals surface area contributed by atoms with Crippen molar-refractivity contribution < 1.29 is 4.21 Å². The number of halogens is 1. The lowest BCUT2D eigenvalue weighted by Gasteiger charge is -2.10. The van der Waals surface area contributed by atoms with Crippen LogP contribution >= 0.6 is 11.6 Å². The average molecular weight is 246 g/mol. The maximum atomic E-state index is 11.8. The molecule has 0 aromatic heterocycles. The summed E-state index contributed by atoms with van der Waals surface area (Å²) in [5, 5.41) is 0.704. The van der Waals surface area contributed by atoms with Crippen LogP contribution in [0.1, 0.15) is 18.1 Å². The van der Waals surface area contributed by atoms with E-state index in [1.54, 1.807) is 0 Å². The van der Waals surface area contributed by atoms with E-state index in [9.17, 15) is 4.21 Å². The molecule has 0 saturated carbocycles. The molecule has 0 aliphatic carbocycles. The van der Waals surface area contributed by atoms with Crippen LogP contribution in [0, 0.1) is 6.92 Å². The first-order chi connectivity index (χ1) is 7.04. The number of hydrogen-bond donors (Lipinski definition) is 1. The summed E-state index contributed by atoms with van der Waals surface area (Å²) in [5.41, 5.74) is 7.51. The van der Waals surface area contributed by atoms with Gasteiger partial charge in [0.1, 0.15) is 0 Å². The van der Waals surface area contributed by atoms with Crippen molar-refractivity contribution in [1.82, 2.24) is 0 Å². The van der Waals surface area contributed by atoms with Crippen molar-refractivity contribution in [3.05, 3.63) is 34.3 Å². The lowest BCUT2D eigenvalue weighted by atomic mass is 10.2. The Morgan fingerprint density at radius 2 is 2.20 bits per heavy atom. The number of benzene rings is 1. The van der Waals surface area contributed by atoms with Gasteiger partial charge in [-0.05, 0) is 31.0 Å². The third kappa shape index (κ3) is 3.59. The van der Waals surface area contributed by atoms with Crippen molar-refractivity contribution >= 4 is 22.4 Å². The molecule has 15 heavy (non-hydrogen) atoms. The van der Waals surface area contributed by atoms with E-state index in [0.717, 1.165) is 11.1 Å². The summed E-state index contributed by atoms with van der Waals surface area (Å²) >= 11 is 6.06. The topological polar surface area (TPSA) is 43.1 Å². The largest absolute Gasteiger partial charge is 0.329 e. The van der Waals surface area contributed by atoms with Crippen LogP contribution in [0.15, 0.2) is 18.2 Å². The van der Waals surface area contributed by atoms with Crippen LogP contribution < -0.4 is 5.73 Å². The normalized spacial score (nSPS) is 14.9. The Morgan fingerprint density at radius 1 is 1.53 bits per heavy atom. The lowest BCUT2D eigenvalue weighted by molar-refractivity contribution is 0.672. The summed E-state index contributed by atoms with van der Waals surface area (Å²) in [5.74, 6) is 0.484. The molecule has 2 nitrogen and oxygen atoms in total. The van der Waals surface area contributed by atoms with Crippen LogP contribution in [0.4, 0.5) is 0 Å². The van der Waals surface area contributed by atoms with Crippen molar-refractivity contribution in [2.45, 2.75) is 24.9 Å². The number of nitrogens with two attached hydrogens (primary N) is 1. The highest BCUT2D eigenvalue weighted by atomic mass is 35.5. The molecule has 1 aromatic carbocycles. The number of aryl methyl sites for hydroxylation is 1. The first kappa shape index (κ1) is 12.7. The molecule has 2 N–H and O–H groups in total. The quantitative estimate of drug-likeness (QED) is 0.884. The Hall–Kier alpha value is -0.380. The zero-order valence-corrected chi connectivity index (χ0v) is 10.6. The van der Waals surface area contributed by atoms with Gasteiger partial charge in [-0.2, -0.15) is 0 Å². The number of hydrogen-bond acceptors (Lipinski definition) is 2. The van der Waals surface area contributed by atoms with E-state index < -0.39 is 10.8 Å². The molecular weight excluding hydrogens is 230 g/mol. The van der Waals surface area contributed by atoms with Gasteiger partial charge in [-0.1, -0.05) is 23.7 Å². The second-order valence-electron chi connectivity index (χ2n) is 3.67. The average Bonchev–Trinajstić information content (AvgIpc) is 2.20. The van der Waals surface area contributed by atoms with E-state index >= 15 is 0 Å². The highest BCUT2D eigenvalue weighted by molar-refractivity contribution is 7.84. The van der Waals surface area contributed by atoms with E-state index in [0.29, 0.717) is 17.3 Å². The summed E-state index contributed by atoms with van der Waals surface area (Å²) in [4.78, 5) is 0. The van der Waals surface area contributed by atoms with E-state index in [4.69, 9.17) is 17.3 Å². The Morgan fingerprint density at radius 3 is 2.73 bits per heavy atom. The smallest absolute Gasteiger partial charge is 0.0503 e. The fourth-order valence-electron chi connectivity index (χ4n) is 1.17. The molecule has 0 heterocycles. The maximum absolute atomic E-state index is 11.8. The summed E-state index contributed by atoms with van der Waals surface area (Å²) in [6.07, 6.45) is 0. The predicted molar refractivity (Wildman–Crippen MR) is 66.6 cm³/mol. The first-order valence-electron chi connectivity index (χ1n) is 4.87. The Balaban J connectivity index is 2.77. The number of rotatable bonds is 4. The monoisotopic (exact) mass is 245 g/mol. The van der Waals surface area contributed by atoms with Gasteiger partial charge >= 0.3 is 0 Å².